The van der Waals surface area contributed by atoms with Gasteiger partial charge in [-0.15, -0.1) is 0 Å². The Labute approximate surface area is 206 Å². The van der Waals surface area contributed by atoms with Crippen LogP contribution in [-0.4, -0.2) is 12.3 Å². The van der Waals surface area contributed by atoms with Gasteiger partial charge in [0, 0.05) is 0 Å². The molecule has 5 aromatic carbocycles. The molecule has 3 heteroatoms. The number of ether oxygens (including phenoxy) is 2. The monoisotopic (exact) mass is 464 g/mol. The predicted molar refractivity (Wildman–Crippen MR) is 144 cm³/mol. The first-order valence-electron chi connectivity index (χ1n) is 12.9. The minimum absolute atomic E-state index is 0.0560. The second kappa shape index (κ2) is 8.71. The molecule has 1 aliphatic rings. The van der Waals surface area contributed by atoms with E-state index in [9.17, 15) is 4.79 Å². The van der Waals surface area contributed by atoms with Crippen LogP contribution in [0.2, 0.25) is 0 Å². The summed E-state index contributed by atoms with van der Waals surface area (Å²) in [6.45, 7) is 6.89. The van der Waals surface area contributed by atoms with Gasteiger partial charge in [0.2, 0.25) is 0 Å². The first-order chi connectivity index (χ1) is 17.0. The summed E-state index contributed by atoms with van der Waals surface area (Å²) in [4.78, 5) is 12.7. The van der Waals surface area contributed by atoms with Crippen LogP contribution < -0.4 is 0 Å². The van der Waals surface area contributed by atoms with Crippen molar-refractivity contribution in [2.75, 3.05) is 0 Å². The number of benzene rings is 5. The molecule has 0 radical (unpaired) electrons. The van der Waals surface area contributed by atoms with Gasteiger partial charge in [0.15, 0.2) is 0 Å². The lowest BCUT2D eigenvalue weighted by molar-refractivity contribution is -0.0342. The standard InChI is InChI=1S/C32H32O3/c1-19(2)23-15-13-20(3)17-29(23)35-32(33)34-18-22-14-16-28-26-11-5-8-21-7-4-10-25(30(21)26)27-12-6-9-24(22)31(27)28/h4-12,14,16,19-20,23,29H,13,15,17-18H2,1-3H3. The third-order valence-corrected chi connectivity index (χ3v) is 8.17. The Morgan fingerprint density at radius 2 is 1.46 bits per heavy atom. The Morgan fingerprint density at radius 1 is 0.829 bits per heavy atom. The first kappa shape index (κ1) is 22.2. The summed E-state index contributed by atoms with van der Waals surface area (Å²) in [5, 5.41) is 9.93. The maximum atomic E-state index is 12.7. The van der Waals surface area contributed by atoms with Crippen LogP contribution in [0.3, 0.4) is 0 Å². The zero-order chi connectivity index (χ0) is 24.1. The highest BCUT2D eigenvalue weighted by Crippen LogP contribution is 2.41. The molecular weight excluding hydrogens is 432 g/mol. The molecule has 3 unspecified atom stereocenters. The number of carbonyl (C=O) groups excluding carboxylic acids is 1. The average molecular weight is 465 g/mol. The Bertz CT molecular complexity index is 1480. The largest absolute Gasteiger partial charge is 0.508 e. The van der Waals surface area contributed by atoms with Crippen molar-refractivity contribution < 1.29 is 14.3 Å². The summed E-state index contributed by atoms with van der Waals surface area (Å²) in [6, 6.07) is 23.8. The van der Waals surface area contributed by atoms with Crippen LogP contribution in [0.5, 0.6) is 0 Å². The number of carbonyl (C=O) groups is 1. The van der Waals surface area contributed by atoms with Crippen LogP contribution in [0.15, 0.2) is 66.7 Å². The summed E-state index contributed by atoms with van der Waals surface area (Å²) in [5.41, 5.74) is 1.01. The van der Waals surface area contributed by atoms with Crippen molar-refractivity contribution in [1.82, 2.24) is 0 Å². The fourth-order valence-electron chi connectivity index (χ4n) is 6.38. The van der Waals surface area contributed by atoms with Crippen LogP contribution in [-0.2, 0) is 16.1 Å². The molecule has 1 aliphatic carbocycles. The van der Waals surface area contributed by atoms with Gasteiger partial charge in [-0.05, 0) is 79.2 Å². The number of fused-ring (bicyclic) bond motifs is 2. The quantitative estimate of drug-likeness (QED) is 0.151. The van der Waals surface area contributed by atoms with Crippen molar-refractivity contribution in [3.8, 4) is 0 Å². The topological polar surface area (TPSA) is 35.5 Å². The van der Waals surface area contributed by atoms with Crippen molar-refractivity contribution in [2.24, 2.45) is 17.8 Å². The normalized spacial score (nSPS) is 20.9. The Hall–Kier alpha value is -3.33. The van der Waals surface area contributed by atoms with Crippen LogP contribution >= 0.6 is 0 Å². The fourth-order valence-corrected chi connectivity index (χ4v) is 6.38. The SMILES string of the molecule is CC1CCC(C(C)C)C(OC(=O)OCc2ccc3c4cccc5cccc(c6cccc2c63)c54)C1. The molecule has 0 spiro atoms. The highest BCUT2D eigenvalue weighted by molar-refractivity contribution is 6.33. The van der Waals surface area contributed by atoms with Crippen LogP contribution in [0, 0.1) is 17.8 Å². The van der Waals surface area contributed by atoms with Gasteiger partial charge in [0.05, 0.1) is 0 Å². The molecule has 3 atom stereocenters. The van der Waals surface area contributed by atoms with E-state index in [1.807, 2.05) is 0 Å². The Morgan fingerprint density at radius 3 is 2.17 bits per heavy atom. The third kappa shape index (κ3) is 3.78. The molecule has 5 aromatic rings. The van der Waals surface area contributed by atoms with E-state index in [1.165, 1.54) is 44.1 Å². The van der Waals surface area contributed by atoms with E-state index >= 15 is 0 Å². The summed E-state index contributed by atoms with van der Waals surface area (Å²) in [6.07, 6.45) is 2.63. The van der Waals surface area contributed by atoms with E-state index in [4.69, 9.17) is 9.47 Å². The number of rotatable bonds is 4. The number of hydrogen-bond donors (Lipinski definition) is 0. The van der Waals surface area contributed by atoms with E-state index in [0.29, 0.717) is 17.8 Å². The van der Waals surface area contributed by atoms with E-state index in [-0.39, 0.29) is 12.7 Å². The molecule has 6 rings (SSSR count). The van der Waals surface area contributed by atoms with Crippen molar-refractivity contribution in [1.29, 1.82) is 0 Å². The lowest BCUT2D eigenvalue weighted by Gasteiger charge is -2.36. The van der Waals surface area contributed by atoms with Gasteiger partial charge in [-0.1, -0.05) is 93.9 Å². The van der Waals surface area contributed by atoms with Gasteiger partial charge in [-0.25, -0.2) is 4.79 Å². The molecule has 0 aromatic heterocycles. The van der Waals surface area contributed by atoms with Crippen molar-refractivity contribution in [2.45, 2.75) is 52.7 Å². The van der Waals surface area contributed by atoms with E-state index in [0.717, 1.165) is 23.8 Å². The molecule has 1 saturated carbocycles. The maximum absolute atomic E-state index is 12.7. The molecule has 0 saturated heterocycles. The molecule has 178 valence electrons. The number of hydrogen-bond acceptors (Lipinski definition) is 3. The molecule has 3 nitrogen and oxygen atoms in total. The highest BCUT2D eigenvalue weighted by Gasteiger charge is 2.33. The predicted octanol–water partition coefficient (Wildman–Crippen LogP) is 8.85. The van der Waals surface area contributed by atoms with E-state index < -0.39 is 6.16 Å². The van der Waals surface area contributed by atoms with Gasteiger partial charge in [0.1, 0.15) is 12.7 Å². The lowest BCUT2D eigenvalue weighted by atomic mass is 9.75. The molecule has 35 heavy (non-hydrogen) atoms. The molecule has 0 amide bonds. The zero-order valence-electron chi connectivity index (χ0n) is 20.7. The summed E-state index contributed by atoms with van der Waals surface area (Å²) < 4.78 is 11.6. The smallest absolute Gasteiger partial charge is 0.431 e. The second-order valence-electron chi connectivity index (χ2n) is 10.7. The highest BCUT2D eigenvalue weighted by atomic mass is 16.7. The van der Waals surface area contributed by atoms with Crippen LogP contribution in [0.1, 0.15) is 45.6 Å². The molecule has 0 aliphatic heterocycles. The van der Waals surface area contributed by atoms with Crippen LogP contribution in [0.4, 0.5) is 4.79 Å². The third-order valence-electron chi connectivity index (χ3n) is 8.17. The van der Waals surface area contributed by atoms with Crippen molar-refractivity contribution in [3.05, 3.63) is 72.3 Å². The van der Waals surface area contributed by atoms with Gasteiger partial charge in [-0.2, -0.15) is 0 Å². The van der Waals surface area contributed by atoms with Gasteiger partial charge >= 0.3 is 6.16 Å². The van der Waals surface area contributed by atoms with Crippen molar-refractivity contribution in [3.63, 3.8) is 0 Å². The van der Waals surface area contributed by atoms with E-state index in [2.05, 4.69) is 87.5 Å². The van der Waals surface area contributed by atoms with Gasteiger partial charge in [-0.3, -0.25) is 0 Å². The summed E-state index contributed by atoms with van der Waals surface area (Å²) >= 11 is 0. The molecular formula is C32H32O3. The van der Waals surface area contributed by atoms with Crippen molar-refractivity contribution >= 4 is 49.2 Å². The molecule has 0 heterocycles. The summed E-state index contributed by atoms with van der Waals surface area (Å²) in [5.74, 6) is 1.48. The minimum Gasteiger partial charge on any atom is -0.431 e. The second-order valence-corrected chi connectivity index (χ2v) is 10.7. The molecule has 0 bridgehead atoms. The Balaban J connectivity index is 1.33. The Kier molecular flexibility index (Phi) is 5.51. The van der Waals surface area contributed by atoms with Gasteiger partial charge in [0.25, 0.3) is 0 Å². The van der Waals surface area contributed by atoms with Crippen LogP contribution in [0.25, 0.3) is 43.1 Å². The minimum atomic E-state index is -0.551. The first-order valence-corrected chi connectivity index (χ1v) is 12.9. The molecule has 0 N–H and O–H groups in total. The zero-order valence-corrected chi connectivity index (χ0v) is 20.7. The summed E-state index contributed by atoms with van der Waals surface area (Å²) in [7, 11) is 0. The average Bonchev–Trinajstić information content (AvgIpc) is 2.86. The fraction of sp³-hybridized carbons (Fsp3) is 0.344. The van der Waals surface area contributed by atoms with E-state index in [1.54, 1.807) is 0 Å². The van der Waals surface area contributed by atoms with Gasteiger partial charge < -0.3 is 9.47 Å². The lowest BCUT2D eigenvalue weighted by Crippen LogP contribution is -2.36. The maximum Gasteiger partial charge on any atom is 0.508 e. The molecule has 1 fully saturated rings.